The molecule has 13 heavy (non-hydrogen) atoms. The molecule has 0 amide bonds. The van der Waals surface area contributed by atoms with Gasteiger partial charge in [-0.15, -0.1) is 0 Å². The van der Waals surface area contributed by atoms with Crippen molar-refractivity contribution in [1.82, 2.24) is 5.32 Å². The zero-order valence-corrected chi connectivity index (χ0v) is 6.63. The van der Waals surface area contributed by atoms with E-state index in [0.717, 1.165) is 12.1 Å². The molecule has 0 unspecified atom stereocenters. The summed E-state index contributed by atoms with van der Waals surface area (Å²) in [7, 11) is 0. The Hall–Kier alpha value is -1.09. The molecule has 2 nitrogen and oxygen atoms in total. The second kappa shape index (κ2) is 3.75. The molecule has 1 aromatic carbocycles. The van der Waals surface area contributed by atoms with Crippen molar-refractivity contribution >= 4 is 5.69 Å². The number of nitrogens with zero attached hydrogens (tertiary/aromatic N) is 1. The number of anilines is 1. The zero-order chi connectivity index (χ0) is 16.3. The number of rotatable bonds is 1. The average molecular weight is 188 g/mol. The van der Waals surface area contributed by atoms with Crippen LogP contribution in [0.25, 0.3) is 0 Å². The van der Waals surface area contributed by atoms with Gasteiger partial charge in [0.25, 0.3) is 0 Å². The Labute approximate surface area is 88.6 Å². The number of hydrogen-bond acceptors (Lipinski definition) is 2. The van der Waals surface area contributed by atoms with Gasteiger partial charge in [-0.25, -0.2) is 4.39 Å². The SMILES string of the molecule is [2H]C1([2H])NC([2H])([2H])C([2H])([2H])N(c2cccc(F)c2)C1([2H])[2H]. The van der Waals surface area contributed by atoms with E-state index < -0.39 is 31.8 Å². The average Bonchev–Trinajstić information content (AvgIpc) is 2.24. The van der Waals surface area contributed by atoms with Crippen LogP contribution < -0.4 is 10.2 Å². The summed E-state index contributed by atoms with van der Waals surface area (Å²) in [5.41, 5.74) is -0.292. The van der Waals surface area contributed by atoms with Crippen molar-refractivity contribution in [2.45, 2.75) is 0 Å². The minimum atomic E-state index is -2.95. The van der Waals surface area contributed by atoms with Crippen LogP contribution in [0.15, 0.2) is 24.3 Å². The lowest BCUT2D eigenvalue weighted by Crippen LogP contribution is -2.43. The van der Waals surface area contributed by atoms with Gasteiger partial charge in [-0.2, -0.15) is 0 Å². The first-order chi connectivity index (χ1) is 9.33. The van der Waals surface area contributed by atoms with E-state index in [1.165, 1.54) is 12.1 Å². The summed E-state index contributed by atoms with van der Waals surface area (Å²) in [5.74, 6) is -0.765. The highest BCUT2D eigenvalue weighted by molar-refractivity contribution is 5.46. The first kappa shape index (κ1) is 3.24. The van der Waals surface area contributed by atoms with Crippen LogP contribution in [0.4, 0.5) is 10.1 Å². The Morgan fingerprint density at radius 3 is 2.85 bits per heavy atom. The molecule has 0 spiro atoms. The topological polar surface area (TPSA) is 15.3 Å². The third-order valence-corrected chi connectivity index (χ3v) is 1.53. The number of nitrogens with one attached hydrogen (secondary N) is 1. The van der Waals surface area contributed by atoms with Gasteiger partial charge in [0.2, 0.25) is 0 Å². The predicted molar refractivity (Wildman–Crippen MR) is 51.5 cm³/mol. The molecule has 0 radical (unpaired) electrons. The van der Waals surface area contributed by atoms with Crippen molar-refractivity contribution in [1.29, 1.82) is 0 Å². The quantitative estimate of drug-likeness (QED) is 0.713. The Balaban J connectivity index is 2.67. The van der Waals surface area contributed by atoms with Crippen molar-refractivity contribution in [2.24, 2.45) is 0 Å². The van der Waals surface area contributed by atoms with E-state index in [1.807, 2.05) is 0 Å². The molecular weight excluding hydrogens is 167 g/mol. The normalized spacial score (nSPS) is 42.1. The molecule has 1 saturated heterocycles. The summed E-state index contributed by atoms with van der Waals surface area (Å²) in [6.45, 7) is -11.7. The monoisotopic (exact) mass is 188 g/mol. The maximum Gasteiger partial charge on any atom is 0.125 e. The van der Waals surface area contributed by atoms with Gasteiger partial charge < -0.3 is 10.2 Å². The lowest BCUT2D eigenvalue weighted by Gasteiger charge is -2.29. The third kappa shape index (κ3) is 1.98. The molecule has 1 aliphatic heterocycles. The highest BCUT2D eigenvalue weighted by Crippen LogP contribution is 2.15. The predicted octanol–water partition coefficient (Wildman–Crippen LogP) is 1.24. The summed E-state index contributed by atoms with van der Waals surface area (Å²) >= 11 is 0. The summed E-state index contributed by atoms with van der Waals surface area (Å²) < 4.78 is 75.3. The van der Waals surface area contributed by atoms with Gasteiger partial charge in [-0.1, -0.05) is 6.07 Å². The second-order valence-electron chi connectivity index (χ2n) is 2.41. The maximum atomic E-state index is 13.3. The van der Waals surface area contributed by atoms with Crippen molar-refractivity contribution in [3.05, 3.63) is 30.1 Å². The molecule has 70 valence electrons. The van der Waals surface area contributed by atoms with Crippen molar-refractivity contribution in [3.8, 4) is 0 Å². The van der Waals surface area contributed by atoms with Crippen LogP contribution in [0.1, 0.15) is 11.0 Å². The Morgan fingerprint density at radius 1 is 1.38 bits per heavy atom. The molecule has 0 bridgehead atoms. The molecule has 1 heterocycles. The molecule has 0 aromatic heterocycles. The molecule has 0 aliphatic carbocycles. The standard InChI is InChI=1S/C10H13FN2/c11-9-2-1-3-10(8-9)13-6-4-12-5-7-13/h1-3,8,12H,4-7H2/i4D2,5D2,6D2,7D2. The molecule has 1 fully saturated rings. The summed E-state index contributed by atoms with van der Waals surface area (Å²) in [5, 5.41) is 1.71. The maximum absolute atomic E-state index is 13.3. The van der Waals surface area contributed by atoms with E-state index in [1.54, 1.807) is 5.32 Å². The minimum Gasteiger partial charge on any atom is -0.369 e. The molecule has 1 N–H and O–H groups in total. The fourth-order valence-corrected chi connectivity index (χ4v) is 0.971. The number of benzene rings is 1. The summed E-state index contributed by atoms with van der Waals surface area (Å²) in [6.07, 6.45) is 0. The van der Waals surface area contributed by atoms with Crippen LogP contribution >= 0.6 is 0 Å². The van der Waals surface area contributed by atoms with E-state index in [2.05, 4.69) is 0 Å². The molecule has 1 aromatic rings. The molecule has 0 saturated carbocycles. The van der Waals surface area contributed by atoms with E-state index in [0.29, 0.717) is 4.90 Å². The van der Waals surface area contributed by atoms with Crippen LogP contribution in [0.2, 0.25) is 0 Å². The second-order valence-corrected chi connectivity index (χ2v) is 2.41. The van der Waals surface area contributed by atoms with Crippen LogP contribution in [-0.4, -0.2) is 26.0 Å². The van der Waals surface area contributed by atoms with E-state index in [4.69, 9.17) is 11.0 Å². The molecule has 1 aliphatic rings. The van der Waals surface area contributed by atoms with Gasteiger partial charge in [0.15, 0.2) is 0 Å². The van der Waals surface area contributed by atoms with E-state index in [-0.39, 0.29) is 5.69 Å². The van der Waals surface area contributed by atoms with Crippen molar-refractivity contribution in [2.75, 3.05) is 30.9 Å². The molecular formula is C10H13FN2. The summed E-state index contributed by atoms with van der Waals surface area (Å²) in [6, 6.07) is 4.30. The number of hydrogen-bond donors (Lipinski definition) is 1. The molecule has 0 atom stereocenters. The van der Waals surface area contributed by atoms with Gasteiger partial charge in [0.05, 0.1) is 5.48 Å². The van der Waals surface area contributed by atoms with Crippen molar-refractivity contribution in [3.63, 3.8) is 0 Å². The van der Waals surface area contributed by atoms with Gasteiger partial charge in [-0.3, -0.25) is 0 Å². The Morgan fingerprint density at radius 2 is 2.15 bits per heavy atom. The molecule has 3 heteroatoms. The largest absolute Gasteiger partial charge is 0.369 e. The Kier molecular flexibility index (Phi) is 0.935. The Bertz CT molecular complexity index is 536. The van der Waals surface area contributed by atoms with Crippen LogP contribution in [0.5, 0.6) is 0 Å². The minimum absolute atomic E-state index is 0.291. The lowest BCUT2D eigenvalue weighted by atomic mass is 10.2. The van der Waals surface area contributed by atoms with Gasteiger partial charge in [0.1, 0.15) is 5.82 Å². The number of halogens is 1. The highest BCUT2D eigenvalue weighted by Gasteiger charge is 2.09. The summed E-state index contributed by atoms with van der Waals surface area (Å²) in [4.78, 5) is 0.291. The smallest absolute Gasteiger partial charge is 0.125 e. The lowest BCUT2D eigenvalue weighted by molar-refractivity contribution is 0.584. The van der Waals surface area contributed by atoms with Crippen LogP contribution in [-0.2, 0) is 0 Å². The fourth-order valence-electron chi connectivity index (χ4n) is 0.971. The first-order valence-corrected chi connectivity index (χ1v) is 3.68. The number of piperazine rings is 1. The molecule has 2 rings (SSSR count). The first-order valence-electron chi connectivity index (χ1n) is 7.68. The van der Waals surface area contributed by atoms with Gasteiger partial charge in [-0.05, 0) is 18.2 Å². The zero-order valence-electron chi connectivity index (χ0n) is 14.6. The van der Waals surface area contributed by atoms with Crippen LogP contribution in [0.3, 0.4) is 0 Å². The third-order valence-electron chi connectivity index (χ3n) is 1.53. The van der Waals surface area contributed by atoms with E-state index in [9.17, 15) is 4.39 Å². The van der Waals surface area contributed by atoms with Crippen LogP contribution in [0, 0.1) is 5.82 Å². The van der Waals surface area contributed by atoms with Gasteiger partial charge >= 0.3 is 0 Å². The fraction of sp³-hybridized carbons (Fsp3) is 0.400. The van der Waals surface area contributed by atoms with E-state index >= 15 is 0 Å². The van der Waals surface area contributed by atoms with Gasteiger partial charge in [0, 0.05) is 37.2 Å². The highest BCUT2D eigenvalue weighted by atomic mass is 19.1. The van der Waals surface area contributed by atoms with Crippen molar-refractivity contribution < 1.29 is 15.4 Å².